The van der Waals surface area contributed by atoms with Gasteiger partial charge in [0.15, 0.2) is 0 Å². The van der Waals surface area contributed by atoms with Crippen LogP contribution in [0.4, 0.5) is 10.5 Å². The van der Waals surface area contributed by atoms with Gasteiger partial charge in [0.05, 0.1) is 11.5 Å². The fourth-order valence-corrected chi connectivity index (χ4v) is 1.85. The van der Waals surface area contributed by atoms with E-state index in [0.29, 0.717) is 5.69 Å². The summed E-state index contributed by atoms with van der Waals surface area (Å²) >= 11 is 0. The molecule has 0 aliphatic heterocycles. The summed E-state index contributed by atoms with van der Waals surface area (Å²) in [7, 11) is -2.11. The molecule has 1 aromatic carbocycles. The third kappa shape index (κ3) is 3.72. The summed E-state index contributed by atoms with van der Waals surface area (Å²) in [6, 6.07) is 5.77. The topological polar surface area (TPSA) is 84.5 Å². The standard InChI is InChI=1S/C10H14N2O4S/c1-3-16-10(13)12-8-4-6-9(7-5-8)17(14,15)11-2/h4-7,11H,3H2,1-2H3,(H,12,13). The van der Waals surface area contributed by atoms with Gasteiger partial charge in [0, 0.05) is 5.69 Å². The van der Waals surface area contributed by atoms with Crippen LogP contribution in [0.15, 0.2) is 29.2 Å². The SMILES string of the molecule is CCOC(=O)Nc1ccc(S(=O)(=O)NC)cc1. The number of anilines is 1. The second-order valence-corrected chi connectivity index (χ2v) is 4.96. The lowest BCUT2D eigenvalue weighted by atomic mass is 10.3. The Hall–Kier alpha value is -1.60. The van der Waals surface area contributed by atoms with Crippen molar-refractivity contribution in [2.75, 3.05) is 19.0 Å². The summed E-state index contributed by atoms with van der Waals surface area (Å²) in [5.74, 6) is 0. The average molecular weight is 258 g/mol. The minimum atomic E-state index is -3.45. The largest absolute Gasteiger partial charge is 0.450 e. The molecule has 17 heavy (non-hydrogen) atoms. The van der Waals surface area contributed by atoms with E-state index in [2.05, 4.69) is 14.8 Å². The second-order valence-electron chi connectivity index (χ2n) is 3.08. The van der Waals surface area contributed by atoms with Crippen molar-refractivity contribution in [1.82, 2.24) is 4.72 Å². The highest BCUT2D eigenvalue weighted by Gasteiger charge is 2.10. The maximum Gasteiger partial charge on any atom is 0.411 e. The number of rotatable bonds is 4. The molecule has 0 saturated heterocycles. The number of hydrogen-bond donors (Lipinski definition) is 2. The van der Waals surface area contributed by atoms with Crippen molar-refractivity contribution in [3.63, 3.8) is 0 Å². The van der Waals surface area contributed by atoms with Crippen molar-refractivity contribution in [3.05, 3.63) is 24.3 Å². The van der Waals surface area contributed by atoms with Gasteiger partial charge in [-0.25, -0.2) is 17.9 Å². The van der Waals surface area contributed by atoms with Gasteiger partial charge in [-0.3, -0.25) is 5.32 Å². The number of hydrogen-bond acceptors (Lipinski definition) is 4. The highest BCUT2D eigenvalue weighted by Crippen LogP contribution is 2.13. The first-order valence-corrected chi connectivity index (χ1v) is 6.45. The zero-order valence-corrected chi connectivity index (χ0v) is 10.4. The third-order valence-electron chi connectivity index (χ3n) is 1.96. The van der Waals surface area contributed by atoms with E-state index >= 15 is 0 Å². The summed E-state index contributed by atoms with van der Waals surface area (Å²) in [5, 5.41) is 2.46. The van der Waals surface area contributed by atoms with Crippen LogP contribution in [0.2, 0.25) is 0 Å². The molecule has 1 aromatic rings. The van der Waals surface area contributed by atoms with Gasteiger partial charge in [-0.1, -0.05) is 0 Å². The molecule has 2 N–H and O–H groups in total. The van der Waals surface area contributed by atoms with Gasteiger partial charge in [-0.2, -0.15) is 0 Å². The molecule has 0 unspecified atom stereocenters. The van der Waals surface area contributed by atoms with Crippen LogP contribution in [-0.4, -0.2) is 28.2 Å². The molecule has 0 aliphatic carbocycles. The monoisotopic (exact) mass is 258 g/mol. The Kier molecular flexibility index (Phi) is 4.47. The van der Waals surface area contributed by atoms with E-state index < -0.39 is 16.1 Å². The number of benzene rings is 1. The number of carbonyl (C=O) groups excluding carboxylic acids is 1. The summed E-state index contributed by atoms with van der Waals surface area (Å²) in [4.78, 5) is 11.2. The predicted molar refractivity (Wildman–Crippen MR) is 63.3 cm³/mol. The van der Waals surface area contributed by atoms with Gasteiger partial charge >= 0.3 is 6.09 Å². The van der Waals surface area contributed by atoms with Crippen LogP contribution in [0.5, 0.6) is 0 Å². The van der Waals surface area contributed by atoms with Crippen LogP contribution < -0.4 is 10.0 Å². The maximum atomic E-state index is 11.4. The Morgan fingerprint density at radius 3 is 2.35 bits per heavy atom. The molecule has 0 bridgehead atoms. The van der Waals surface area contributed by atoms with E-state index in [1.54, 1.807) is 6.92 Å². The Morgan fingerprint density at radius 2 is 1.88 bits per heavy atom. The Labute approximate surface area is 100 Å². The molecule has 0 fully saturated rings. The van der Waals surface area contributed by atoms with Crippen molar-refractivity contribution in [3.8, 4) is 0 Å². The van der Waals surface area contributed by atoms with Crippen LogP contribution in [0.1, 0.15) is 6.92 Å². The molecule has 0 saturated carbocycles. The minimum Gasteiger partial charge on any atom is -0.450 e. The number of carbonyl (C=O) groups is 1. The van der Waals surface area contributed by atoms with Crippen molar-refractivity contribution in [1.29, 1.82) is 0 Å². The zero-order valence-electron chi connectivity index (χ0n) is 9.56. The number of ether oxygens (including phenoxy) is 1. The van der Waals surface area contributed by atoms with E-state index in [1.165, 1.54) is 31.3 Å². The van der Waals surface area contributed by atoms with Crippen LogP contribution in [0.3, 0.4) is 0 Å². The zero-order chi connectivity index (χ0) is 12.9. The lowest BCUT2D eigenvalue weighted by molar-refractivity contribution is 0.168. The molecule has 0 aliphatic rings. The first-order chi connectivity index (χ1) is 7.99. The molecule has 0 atom stereocenters. The number of nitrogens with one attached hydrogen (secondary N) is 2. The highest BCUT2D eigenvalue weighted by atomic mass is 32.2. The summed E-state index contributed by atoms with van der Waals surface area (Å²) in [6.07, 6.45) is -0.572. The fraction of sp³-hybridized carbons (Fsp3) is 0.300. The lowest BCUT2D eigenvalue weighted by Gasteiger charge is -2.06. The smallest absolute Gasteiger partial charge is 0.411 e. The summed E-state index contributed by atoms with van der Waals surface area (Å²) < 4.78 is 29.7. The quantitative estimate of drug-likeness (QED) is 0.848. The van der Waals surface area contributed by atoms with E-state index in [-0.39, 0.29) is 11.5 Å². The highest BCUT2D eigenvalue weighted by molar-refractivity contribution is 7.89. The minimum absolute atomic E-state index is 0.134. The molecule has 1 amide bonds. The van der Waals surface area contributed by atoms with Crippen LogP contribution in [0.25, 0.3) is 0 Å². The van der Waals surface area contributed by atoms with Crippen LogP contribution >= 0.6 is 0 Å². The molecule has 0 aromatic heterocycles. The molecular weight excluding hydrogens is 244 g/mol. The molecule has 0 heterocycles. The Bertz CT molecular complexity index is 482. The van der Waals surface area contributed by atoms with Crippen molar-refractivity contribution >= 4 is 21.8 Å². The van der Waals surface area contributed by atoms with Gasteiger partial charge in [0.2, 0.25) is 10.0 Å². The number of sulfonamides is 1. The van der Waals surface area contributed by atoms with Gasteiger partial charge in [-0.15, -0.1) is 0 Å². The average Bonchev–Trinajstić information content (AvgIpc) is 2.30. The van der Waals surface area contributed by atoms with Crippen LogP contribution in [0, 0.1) is 0 Å². The predicted octanol–water partition coefficient (Wildman–Crippen LogP) is 1.16. The van der Waals surface area contributed by atoms with E-state index in [4.69, 9.17) is 0 Å². The molecule has 0 spiro atoms. The Morgan fingerprint density at radius 1 is 1.29 bits per heavy atom. The fourth-order valence-electron chi connectivity index (χ4n) is 1.12. The number of amides is 1. The summed E-state index contributed by atoms with van der Waals surface area (Å²) in [6.45, 7) is 1.97. The molecule has 7 heteroatoms. The van der Waals surface area contributed by atoms with E-state index in [1.807, 2.05) is 0 Å². The van der Waals surface area contributed by atoms with Crippen LogP contribution in [-0.2, 0) is 14.8 Å². The van der Waals surface area contributed by atoms with Crippen molar-refractivity contribution in [2.45, 2.75) is 11.8 Å². The molecule has 0 radical (unpaired) electrons. The van der Waals surface area contributed by atoms with Gasteiger partial charge < -0.3 is 4.74 Å². The molecule has 94 valence electrons. The summed E-state index contributed by atoms with van der Waals surface area (Å²) in [5.41, 5.74) is 0.471. The first-order valence-electron chi connectivity index (χ1n) is 4.97. The molecule has 1 rings (SSSR count). The lowest BCUT2D eigenvalue weighted by Crippen LogP contribution is -2.18. The molecular formula is C10H14N2O4S. The molecule has 6 nitrogen and oxygen atoms in total. The Balaban J connectivity index is 2.79. The van der Waals surface area contributed by atoms with Crippen molar-refractivity contribution < 1.29 is 17.9 Å². The maximum absolute atomic E-state index is 11.4. The van der Waals surface area contributed by atoms with Gasteiger partial charge in [-0.05, 0) is 38.2 Å². The van der Waals surface area contributed by atoms with E-state index in [0.717, 1.165) is 0 Å². The van der Waals surface area contributed by atoms with Gasteiger partial charge in [0.1, 0.15) is 0 Å². The van der Waals surface area contributed by atoms with Crippen molar-refractivity contribution in [2.24, 2.45) is 0 Å². The first kappa shape index (κ1) is 13.5. The van der Waals surface area contributed by atoms with Gasteiger partial charge in [0.25, 0.3) is 0 Å². The second kappa shape index (κ2) is 5.65. The third-order valence-corrected chi connectivity index (χ3v) is 3.39. The normalized spacial score (nSPS) is 10.9. The van der Waals surface area contributed by atoms with E-state index in [9.17, 15) is 13.2 Å².